The molecule has 1 aliphatic rings. The minimum absolute atomic E-state index is 0.0262. The number of hydrogen-bond donors (Lipinski definition) is 1. The van der Waals surface area contributed by atoms with E-state index < -0.39 is 0 Å². The molecule has 0 aromatic heterocycles. The largest absolute Gasteiger partial charge is 0.496 e. The zero-order valence-electron chi connectivity index (χ0n) is 10.7. The van der Waals surface area contributed by atoms with Crippen LogP contribution in [0.1, 0.15) is 30.9 Å². The summed E-state index contributed by atoms with van der Waals surface area (Å²) in [6.07, 6.45) is 3.15. The van der Waals surface area contributed by atoms with E-state index in [-0.39, 0.29) is 6.04 Å². The van der Waals surface area contributed by atoms with E-state index >= 15 is 0 Å². The third-order valence-electron chi connectivity index (χ3n) is 3.52. The Kier molecular flexibility index (Phi) is 4.87. The molecule has 1 aromatic rings. The molecule has 1 aromatic carbocycles. The Hall–Kier alpha value is -0.770. The molecule has 2 rings (SSSR count). The number of ether oxygens (including phenoxy) is 2. The maximum Gasteiger partial charge on any atom is 0.123 e. The van der Waals surface area contributed by atoms with Crippen molar-refractivity contribution in [1.82, 2.24) is 0 Å². The summed E-state index contributed by atoms with van der Waals surface area (Å²) in [4.78, 5) is 0. The molecule has 0 saturated carbocycles. The molecular weight excluding hydrogens is 250 g/mol. The molecule has 0 bridgehead atoms. The van der Waals surface area contributed by atoms with Crippen LogP contribution in [0.25, 0.3) is 0 Å². The lowest BCUT2D eigenvalue weighted by Crippen LogP contribution is -2.21. The summed E-state index contributed by atoms with van der Waals surface area (Å²) in [5, 5.41) is 0.702. The predicted octanol–water partition coefficient (Wildman–Crippen LogP) is 3.17. The smallest absolute Gasteiger partial charge is 0.123 e. The van der Waals surface area contributed by atoms with Gasteiger partial charge in [0.25, 0.3) is 0 Å². The van der Waals surface area contributed by atoms with Gasteiger partial charge in [0.1, 0.15) is 5.75 Å². The summed E-state index contributed by atoms with van der Waals surface area (Å²) in [5.41, 5.74) is 7.29. The van der Waals surface area contributed by atoms with E-state index in [0.717, 1.165) is 43.8 Å². The van der Waals surface area contributed by atoms with E-state index in [0.29, 0.717) is 10.9 Å². The molecule has 1 fully saturated rings. The Balaban J connectivity index is 2.07. The summed E-state index contributed by atoms with van der Waals surface area (Å²) >= 11 is 6.03. The van der Waals surface area contributed by atoms with Crippen LogP contribution in [0, 0.1) is 5.92 Å². The van der Waals surface area contributed by atoms with Crippen LogP contribution in [0.5, 0.6) is 5.75 Å². The van der Waals surface area contributed by atoms with Gasteiger partial charge in [-0.2, -0.15) is 0 Å². The second kappa shape index (κ2) is 6.41. The fourth-order valence-corrected chi connectivity index (χ4v) is 2.64. The molecule has 3 nitrogen and oxygen atoms in total. The van der Waals surface area contributed by atoms with Gasteiger partial charge in [-0.3, -0.25) is 0 Å². The maximum atomic E-state index is 6.29. The Labute approximate surface area is 113 Å². The first-order chi connectivity index (χ1) is 8.70. The highest BCUT2D eigenvalue weighted by Gasteiger charge is 2.20. The molecule has 18 heavy (non-hydrogen) atoms. The Bertz CT molecular complexity index is 391. The SMILES string of the molecule is COc1ccc(Cl)cc1C(N)CC1CCOCC1. The molecule has 1 atom stereocenters. The summed E-state index contributed by atoms with van der Waals surface area (Å²) in [5.74, 6) is 1.45. The molecule has 0 radical (unpaired) electrons. The Morgan fingerprint density at radius 2 is 2.17 bits per heavy atom. The summed E-state index contributed by atoms with van der Waals surface area (Å²) in [6.45, 7) is 1.70. The van der Waals surface area contributed by atoms with Gasteiger partial charge in [0.2, 0.25) is 0 Å². The molecule has 100 valence electrons. The van der Waals surface area contributed by atoms with Crippen molar-refractivity contribution in [2.75, 3.05) is 20.3 Å². The second-order valence-corrected chi connectivity index (χ2v) is 5.22. The molecule has 1 saturated heterocycles. The summed E-state index contributed by atoms with van der Waals surface area (Å²) < 4.78 is 10.7. The zero-order valence-corrected chi connectivity index (χ0v) is 11.5. The van der Waals surface area contributed by atoms with Crippen LogP contribution < -0.4 is 10.5 Å². The van der Waals surface area contributed by atoms with Crippen LogP contribution in [0.4, 0.5) is 0 Å². The molecule has 0 aliphatic carbocycles. The molecule has 4 heteroatoms. The quantitative estimate of drug-likeness (QED) is 0.913. The first-order valence-corrected chi connectivity index (χ1v) is 6.75. The van der Waals surface area contributed by atoms with Crippen LogP contribution in [0.2, 0.25) is 5.02 Å². The van der Waals surface area contributed by atoms with E-state index in [1.165, 1.54) is 0 Å². The highest BCUT2D eigenvalue weighted by Crippen LogP contribution is 2.32. The molecular formula is C14H20ClNO2. The number of rotatable bonds is 4. The number of methoxy groups -OCH3 is 1. The van der Waals surface area contributed by atoms with Gasteiger partial charge in [0.15, 0.2) is 0 Å². The highest BCUT2D eigenvalue weighted by atomic mass is 35.5. The minimum Gasteiger partial charge on any atom is -0.496 e. The molecule has 1 unspecified atom stereocenters. The van der Waals surface area contributed by atoms with Gasteiger partial charge in [0, 0.05) is 29.8 Å². The maximum absolute atomic E-state index is 6.29. The van der Waals surface area contributed by atoms with E-state index in [1.807, 2.05) is 18.2 Å². The number of benzene rings is 1. The predicted molar refractivity (Wildman–Crippen MR) is 73.1 cm³/mol. The first-order valence-electron chi connectivity index (χ1n) is 6.37. The lowest BCUT2D eigenvalue weighted by molar-refractivity contribution is 0.0618. The van der Waals surface area contributed by atoms with E-state index in [1.54, 1.807) is 7.11 Å². The Morgan fingerprint density at radius 3 is 2.83 bits per heavy atom. The highest BCUT2D eigenvalue weighted by molar-refractivity contribution is 6.30. The normalized spacial score (nSPS) is 18.6. The monoisotopic (exact) mass is 269 g/mol. The van der Waals surface area contributed by atoms with Crippen LogP contribution in [0.15, 0.2) is 18.2 Å². The van der Waals surface area contributed by atoms with Crippen LogP contribution in [-0.2, 0) is 4.74 Å². The van der Waals surface area contributed by atoms with Gasteiger partial charge >= 0.3 is 0 Å². The van der Waals surface area contributed by atoms with Gasteiger partial charge in [-0.1, -0.05) is 11.6 Å². The third kappa shape index (κ3) is 3.37. The van der Waals surface area contributed by atoms with Crippen LogP contribution in [0.3, 0.4) is 0 Å². The van der Waals surface area contributed by atoms with Crippen molar-refractivity contribution in [3.63, 3.8) is 0 Å². The lowest BCUT2D eigenvalue weighted by atomic mass is 9.89. The van der Waals surface area contributed by atoms with Crippen molar-refractivity contribution in [2.24, 2.45) is 11.7 Å². The molecule has 1 heterocycles. The lowest BCUT2D eigenvalue weighted by Gasteiger charge is -2.25. The van der Waals surface area contributed by atoms with Gasteiger partial charge in [-0.15, -0.1) is 0 Å². The Morgan fingerprint density at radius 1 is 1.44 bits per heavy atom. The van der Waals surface area contributed by atoms with Crippen molar-refractivity contribution in [3.05, 3.63) is 28.8 Å². The standard InChI is InChI=1S/C14H20ClNO2/c1-17-14-3-2-11(15)9-12(14)13(16)8-10-4-6-18-7-5-10/h2-3,9-10,13H,4-8,16H2,1H3. The first kappa shape index (κ1) is 13.7. The zero-order chi connectivity index (χ0) is 13.0. The second-order valence-electron chi connectivity index (χ2n) is 4.78. The molecule has 0 spiro atoms. The minimum atomic E-state index is -0.0262. The van der Waals surface area contributed by atoms with Gasteiger partial charge in [0.05, 0.1) is 7.11 Å². The topological polar surface area (TPSA) is 44.5 Å². The fourth-order valence-electron chi connectivity index (χ4n) is 2.46. The fraction of sp³-hybridized carbons (Fsp3) is 0.571. The number of halogens is 1. The van der Waals surface area contributed by atoms with Gasteiger partial charge in [-0.05, 0) is 43.4 Å². The van der Waals surface area contributed by atoms with Gasteiger partial charge < -0.3 is 15.2 Å². The van der Waals surface area contributed by atoms with Crippen LogP contribution >= 0.6 is 11.6 Å². The van der Waals surface area contributed by atoms with Crippen molar-refractivity contribution < 1.29 is 9.47 Å². The average Bonchev–Trinajstić information content (AvgIpc) is 2.40. The molecule has 2 N–H and O–H groups in total. The van der Waals surface area contributed by atoms with Crippen molar-refractivity contribution in [2.45, 2.75) is 25.3 Å². The van der Waals surface area contributed by atoms with Crippen molar-refractivity contribution in [3.8, 4) is 5.75 Å². The van der Waals surface area contributed by atoms with E-state index in [2.05, 4.69) is 0 Å². The summed E-state index contributed by atoms with van der Waals surface area (Å²) in [6, 6.07) is 5.58. The van der Waals surface area contributed by atoms with E-state index in [9.17, 15) is 0 Å². The van der Waals surface area contributed by atoms with Gasteiger partial charge in [-0.25, -0.2) is 0 Å². The number of hydrogen-bond acceptors (Lipinski definition) is 3. The van der Waals surface area contributed by atoms with E-state index in [4.69, 9.17) is 26.8 Å². The van der Waals surface area contributed by atoms with Crippen molar-refractivity contribution in [1.29, 1.82) is 0 Å². The molecule has 1 aliphatic heterocycles. The molecule has 0 amide bonds. The average molecular weight is 270 g/mol. The third-order valence-corrected chi connectivity index (χ3v) is 3.75. The van der Waals surface area contributed by atoms with Crippen LogP contribution in [-0.4, -0.2) is 20.3 Å². The summed E-state index contributed by atoms with van der Waals surface area (Å²) in [7, 11) is 1.66. The van der Waals surface area contributed by atoms with Crippen molar-refractivity contribution >= 4 is 11.6 Å². The number of nitrogens with two attached hydrogens (primary N) is 1.